The van der Waals surface area contributed by atoms with E-state index in [1.165, 1.54) is 0 Å². The van der Waals surface area contributed by atoms with Crippen LogP contribution in [0, 0.1) is 5.92 Å². The number of nitrogens with one attached hydrogen (secondary N) is 1. The van der Waals surface area contributed by atoms with Crippen molar-refractivity contribution < 1.29 is 14.6 Å². The summed E-state index contributed by atoms with van der Waals surface area (Å²) in [4.78, 5) is 20.6. The van der Waals surface area contributed by atoms with Crippen LogP contribution < -0.4 is 5.32 Å². The van der Waals surface area contributed by atoms with E-state index in [1.54, 1.807) is 11.9 Å². The highest BCUT2D eigenvalue weighted by Crippen LogP contribution is 2.12. The maximum absolute atomic E-state index is 12.0. The fourth-order valence-corrected chi connectivity index (χ4v) is 2.69. The predicted octanol–water partition coefficient (Wildman–Crippen LogP) is 1.91. The van der Waals surface area contributed by atoms with E-state index in [-0.39, 0.29) is 18.1 Å². The highest BCUT2D eigenvalue weighted by Gasteiger charge is 2.22. The standard InChI is InChI=1S/C18H36N4O3/c1-7-19-16(22-10-8-15(23)9-11-22)20-12-14(2)13-21(6)17(24)25-18(3,4)5/h14-15,23H,7-13H2,1-6H3,(H,19,20). The Morgan fingerprint density at radius 3 is 2.52 bits per heavy atom. The number of piperidine rings is 1. The van der Waals surface area contributed by atoms with Crippen LogP contribution in [0.1, 0.15) is 47.5 Å². The molecule has 2 N–H and O–H groups in total. The topological polar surface area (TPSA) is 77.4 Å². The molecule has 7 heteroatoms. The molecule has 0 radical (unpaired) electrons. The van der Waals surface area contributed by atoms with Crippen LogP contribution >= 0.6 is 0 Å². The summed E-state index contributed by atoms with van der Waals surface area (Å²) >= 11 is 0. The Bertz CT molecular complexity index is 440. The second-order valence-electron chi connectivity index (χ2n) is 7.88. The van der Waals surface area contributed by atoms with Crippen molar-refractivity contribution in [2.24, 2.45) is 10.9 Å². The third-order valence-electron chi connectivity index (χ3n) is 3.94. The molecule has 1 heterocycles. The summed E-state index contributed by atoms with van der Waals surface area (Å²) in [6.07, 6.45) is 1.06. The Labute approximate surface area is 152 Å². The van der Waals surface area contributed by atoms with Gasteiger partial charge in [-0.05, 0) is 46.5 Å². The van der Waals surface area contributed by atoms with Crippen molar-refractivity contribution in [3.05, 3.63) is 0 Å². The molecule has 1 fully saturated rings. The number of ether oxygens (including phenoxy) is 1. The molecule has 0 aliphatic carbocycles. The number of nitrogens with zero attached hydrogens (tertiary/aromatic N) is 3. The van der Waals surface area contributed by atoms with Crippen LogP contribution in [-0.4, -0.2) is 78.4 Å². The first-order chi connectivity index (χ1) is 11.6. The van der Waals surface area contributed by atoms with Crippen molar-refractivity contribution in [1.82, 2.24) is 15.1 Å². The van der Waals surface area contributed by atoms with Gasteiger partial charge in [0.1, 0.15) is 5.60 Å². The molecule has 25 heavy (non-hydrogen) atoms. The van der Waals surface area contributed by atoms with Crippen molar-refractivity contribution in [3.8, 4) is 0 Å². The van der Waals surface area contributed by atoms with Crippen LogP contribution in [0.4, 0.5) is 4.79 Å². The number of carbonyl (C=O) groups is 1. The molecule has 1 saturated heterocycles. The molecule has 0 aromatic rings. The zero-order valence-electron chi connectivity index (χ0n) is 16.7. The summed E-state index contributed by atoms with van der Waals surface area (Å²) in [5.41, 5.74) is -0.482. The van der Waals surface area contributed by atoms with Gasteiger partial charge < -0.3 is 25.0 Å². The molecule has 1 unspecified atom stereocenters. The largest absolute Gasteiger partial charge is 0.444 e. The summed E-state index contributed by atoms with van der Waals surface area (Å²) < 4.78 is 5.38. The van der Waals surface area contributed by atoms with E-state index in [4.69, 9.17) is 9.73 Å². The molecule has 1 aliphatic heterocycles. The van der Waals surface area contributed by atoms with Crippen molar-refractivity contribution in [1.29, 1.82) is 0 Å². The average Bonchev–Trinajstić information content (AvgIpc) is 2.50. The Hall–Kier alpha value is -1.50. The van der Waals surface area contributed by atoms with Gasteiger partial charge in [0.15, 0.2) is 5.96 Å². The van der Waals surface area contributed by atoms with E-state index < -0.39 is 5.60 Å². The van der Waals surface area contributed by atoms with Crippen LogP contribution in [0.3, 0.4) is 0 Å². The molecule has 1 atom stereocenters. The van der Waals surface area contributed by atoms with Crippen molar-refractivity contribution in [2.45, 2.75) is 59.2 Å². The fraction of sp³-hybridized carbons (Fsp3) is 0.889. The number of carbonyl (C=O) groups excluding carboxylic acids is 1. The quantitative estimate of drug-likeness (QED) is 0.581. The number of aliphatic imine (C=N–C) groups is 1. The molecular formula is C18H36N4O3. The number of rotatable bonds is 5. The summed E-state index contributed by atoms with van der Waals surface area (Å²) in [6.45, 7) is 13.4. The SMILES string of the molecule is CCNC(=NCC(C)CN(C)C(=O)OC(C)(C)C)N1CCC(O)CC1. The lowest BCUT2D eigenvalue weighted by molar-refractivity contribution is 0.0279. The van der Waals surface area contributed by atoms with Gasteiger partial charge in [-0.1, -0.05) is 6.92 Å². The number of hydrogen-bond acceptors (Lipinski definition) is 4. The van der Waals surface area contributed by atoms with Gasteiger partial charge in [-0.15, -0.1) is 0 Å². The highest BCUT2D eigenvalue weighted by atomic mass is 16.6. The third kappa shape index (κ3) is 8.43. The van der Waals surface area contributed by atoms with Gasteiger partial charge in [-0.25, -0.2) is 4.79 Å². The van der Waals surface area contributed by atoms with Crippen LogP contribution in [0.2, 0.25) is 0 Å². The van der Waals surface area contributed by atoms with E-state index >= 15 is 0 Å². The van der Waals surface area contributed by atoms with Gasteiger partial charge in [0, 0.05) is 39.8 Å². The second-order valence-corrected chi connectivity index (χ2v) is 7.88. The lowest BCUT2D eigenvalue weighted by Gasteiger charge is -2.32. The maximum Gasteiger partial charge on any atom is 0.410 e. The van der Waals surface area contributed by atoms with Gasteiger partial charge in [0.25, 0.3) is 0 Å². The first-order valence-electron chi connectivity index (χ1n) is 9.27. The second kappa shape index (κ2) is 9.85. The molecule has 1 amide bonds. The minimum Gasteiger partial charge on any atom is -0.444 e. The molecule has 1 aliphatic rings. The van der Waals surface area contributed by atoms with Gasteiger partial charge in [-0.2, -0.15) is 0 Å². The van der Waals surface area contributed by atoms with Crippen LogP contribution in [0.15, 0.2) is 4.99 Å². The summed E-state index contributed by atoms with van der Waals surface area (Å²) in [5.74, 6) is 1.11. The van der Waals surface area contributed by atoms with E-state index in [2.05, 4.69) is 17.1 Å². The van der Waals surface area contributed by atoms with Crippen molar-refractivity contribution in [2.75, 3.05) is 39.8 Å². The Balaban J connectivity index is 2.53. The monoisotopic (exact) mass is 356 g/mol. The summed E-state index contributed by atoms with van der Waals surface area (Å²) in [7, 11) is 1.76. The van der Waals surface area contributed by atoms with Crippen molar-refractivity contribution in [3.63, 3.8) is 0 Å². The van der Waals surface area contributed by atoms with Crippen LogP contribution in [0.25, 0.3) is 0 Å². The number of guanidine groups is 1. The predicted molar refractivity (Wildman–Crippen MR) is 101 cm³/mol. The first-order valence-corrected chi connectivity index (χ1v) is 9.27. The normalized spacial score (nSPS) is 18.0. The van der Waals surface area contributed by atoms with Crippen LogP contribution in [0.5, 0.6) is 0 Å². The van der Waals surface area contributed by atoms with E-state index in [9.17, 15) is 9.90 Å². The van der Waals surface area contributed by atoms with Crippen LogP contribution in [-0.2, 0) is 4.74 Å². The van der Waals surface area contributed by atoms with E-state index in [1.807, 2.05) is 27.7 Å². The number of amides is 1. The molecule has 0 spiro atoms. The van der Waals surface area contributed by atoms with Gasteiger partial charge in [0.2, 0.25) is 0 Å². The molecule has 0 aromatic heterocycles. The van der Waals surface area contributed by atoms with E-state index in [0.29, 0.717) is 13.1 Å². The van der Waals surface area contributed by atoms with Crippen molar-refractivity contribution >= 4 is 12.1 Å². The van der Waals surface area contributed by atoms with E-state index in [0.717, 1.165) is 38.4 Å². The Morgan fingerprint density at radius 1 is 1.40 bits per heavy atom. The lowest BCUT2D eigenvalue weighted by Crippen LogP contribution is -2.47. The number of aliphatic hydroxyl groups is 1. The highest BCUT2D eigenvalue weighted by molar-refractivity contribution is 5.80. The van der Waals surface area contributed by atoms with Gasteiger partial charge in [0.05, 0.1) is 6.10 Å². The number of aliphatic hydroxyl groups excluding tert-OH is 1. The van der Waals surface area contributed by atoms with Gasteiger partial charge >= 0.3 is 6.09 Å². The molecule has 1 rings (SSSR count). The molecule has 0 saturated carbocycles. The average molecular weight is 357 g/mol. The first kappa shape index (κ1) is 21.5. The molecule has 146 valence electrons. The molecule has 0 aromatic carbocycles. The molecule has 0 bridgehead atoms. The fourth-order valence-electron chi connectivity index (χ4n) is 2.69. The maximum atomic E-state index is 12.0. The van der Waals surface area contributed by atoms with Gasteiger partial charge in [-0.3, -0.25) is 4.99 Å². The zero-order chi connectivity index (χ0) is 19.0. The number of likely N-dealkylation sites (tertiary alicyclic amines) is 1. The molecular weight excluding hydrogens is 320 g/mol. The summed E-state index contributed by atoms with van der Waals surface area (Å²) in [6, 6.07) is 0. The lowest BCUT2D eigenvalue weighted by atomic mass is 10.1. The summed E-state index contributed by atoms with van der Waals surface area (Å²) in [5, 5.41) is 13.0. The Kier molecular flexibility index (Phi) is 8.48. The number of hydrogen-bond donors (Lipinski definition) is 2. The minimum absolute atomic E-state index is 0.194. The molecule has 7 nitrogen and oxygen atoms in total. The third-order valence-corrected chi connectivity index (χ3v) is 3.94. The minimum atomic E-state index is -0.482. The zero-order valence-corrected chi connectivity index (χ0v) is 16.7. The smallest absolute Gasteiger partial charge is 0.410 e. The Morgan fingerprint density at radius 2 is 2.00 bits per heavy atom.